The highest BCUT2D eigenvalue weighted by atomic mass is 16.7. The van der Waals surface area contributed by atoms with Crippen LogP contribution >= 0.6 is 0 Å². The molecule has 626 valence electrons. The van der Waals surface area contributed by atoms with Gasteiger partial charge < -0.3 is 29.9 Å². The molecule has 0 unspecified atom stereocenters. The molecule has 0 bridgehead atoms. The Kier molecular flexibility index (Phi) is 26.7. The van der Waals surface area contributed by atoms with E-state index in [0.29, 0.717) is 40.2 Å². The molecule has 22 rings (SSSR count). The van der Waals surface area contributed by atoms with Gasteiger partial charge in [-0.2, -0.15) is 0 Å². The first kappa shape index (κ1) is 86.6. The van der Waals surface area contributed by atoms with Gasteiger partial charge in [0.2, 0.25) is 17.3 Å². The molecule has 0 aromatic heterocycles. The zero-order valence-corrected chi connectivity index (χ0v) is 69.8. The van der Waals surface area contributed by atoms with E-state index in [0.717, 1.165) is 132 Å². The first-order valence-corrected chi connectivity index (χ1v) is 41.6. The second-order valence-electron chi connectivity index (χ2n) is 30.6. The Morgan fingerprint density at radius 3 is 0.906 bits per heavy atom. The maximum absolute atomic E-state index is 12.8. The molecule has 0 radical (unpaired) electrons. The highest BCUT2D eigenvalue weighted by molar-refractivity contribution is 6.49. The quantitative estimate of drug-likeness (QED) is 0.0564. The molecule has 0 spiro atoms. The van der Waals surface area contributed by atoms with Crippen LogP contribution in [0.3, 0.4) is 0 Å². The molecule has 0 saturated heterocycles. The van der Waals surface area contributed by atoms with Crippen molar-refractivity contribution in [1.29, 1.82) is 0 Å². The predicted octanol–water partition coefficient (Wildman–Crippen LogP) is 23.7. The number of hydrogen-bond acceptors (Lipinski definition) is 15. The van der Waals surface area contributed by atoms with Crippen LogP contribution in [0.1, 0.15) is 151 Å². The number of aromatic hydroxyl groups is 4. The van der Waals surface area contributed by atoms with Gasteiger partial charge in [-0.05, 0) is 157 Å². The second-order valence-corrected chi connectivity index (χ2v) is 30.6. The van der Waals surface area contributed by atoms with Gasteiger partial charge in [-0.25, -0.2) is 0 Å². The summed E-state index contributed by atoms with van der Waals surface area (Å²) in [5.74, 6) is -3.21. The van der Waals surface area contributed by atoms with E-state index in [1.807, 2.05) is 243 Å². The van der Waals surface area contributed by atoms with E-state index in [4.69, 9.17) is 19.7 Å². The molecule has 0 atom stereocenters. The second kappa shape index (κ2) is 39.5. The van der Waals surface area contributed by atoms with Crippen molar-refractivity contribution in [3.05, 3.63) is 477 Å². The fourth-order valence-electron chi connectivity index (χ4n) is 16.2. The van der Waals surface area contributed by atoms with Crippen molar-refractivity contribution >= 4 is 84.4 Å². The number of methoxy groups -OCH3 is 2. The third-order valence-electron chi connectivity index (χ3n) is 22.7. The van der Waals surface area contributed by atoms with Crippen molar-refractivity contribution in [2.24, 2.45) is 0 Å². The van der Waals surface area contributed by atoms with Gasteiger partial charge in [-0.15, -0.1) is 0 Å². The van der Waals surface area contributed by atoms with E-state index in [-0.39, 0.29) is 57.3 Å². The molecular weight excluding hydrogens is 1600 g/mol. The lowest BCUT2D eigenvalue weighted by atomic mass is 9.91. The number of phenols is 4. The van der Waals surface area contributed by atoms with Gasteiger partial charge in [-0.3, -0.25) is 43.2 Å². The molecule has 0 heterocycles. The van der Waals surface area contributed by atoms with Crippen LogP contribution in [0.5, 0.6) is 23.0 Å². The van der Waals surface area contributed by atoms with E-state index in [9.17, 15) is 53.4 Å². The van der Waals surface area contributed by atoms with E-state index in [1.165, 1.54) is 65.8 Å². The maximum atomic E-state index is 12.8. The van der Waals surface area contributed by atoms with Crippen LogP contribution in [-0.2, 0) is 28.1 Å². The summed E-state index contributed by atoms with van der Waals surface area (Å²) in [4.78, 5) is 108. The Balaban J connectivity index is 0.000000114. The van der Waals surface area contributed by atoms with Crippen LogP contribution in [0.4, 0.5) is 0 Å². The lowest BCUT2D eigenvalue weighted by Crippen LogP contribution is -2.39. The lowest BCUT2D eigenvalue weighted by molar-refractivity contribution is -0.176. The summed E-state index contributed by atoms with van der Waals surface area (Å²) >= 11 is 0. The molecule has 0 saturated carbocycles. The topological polar surface area (TPSA) is 253 Å². The Bertz CT molecular complexity index is 6880. The molecule has 128 heavy (non-hydrogen) atoms. The molecular formula is C113H84O15. The van der Waals surface area contributed by atoms with Crippen LogP contribution in [0, 0.1) is 0 Å². The van der Waals surface area contributed by atoms with Crippen molar-refractivity contribution in [2.45, 2.75) is 37.9 Å². The first-order valence-electron chi connectivity index (χ1n) is 41.6. The number of carbonyl (C=O) groups excluding carboxylic acids is 9. The number of phenolic OH excluding ortho intramolecular Hbond substituents is 4. The smallest absolute Gasteiger partial charge is 0.260 e. The zero-order valence-electron chi connectivity index (χ0n) is 69.8. The summed E-state index contributed by atoms with van der Waals surface area (Å²) in [6, 6.07) is 119. The number of hydrogen-bond donors (Lipinski definition) is 4. The molecule has 4 N–H and O–H groups in total. The highest BCUT2D eigenvalue weighted by Crippen LogP contribution is 2.43. The molecule has 5 aliphatic rings. The minimum atomic E-state index is -1.40. The van der Waals surface area contributed by atoms with E-state index in [2.05, 4.69) is 48.5 Å². The Labute approximate surface area is 738 Å². The number of benzene rings is 17. The fraction of sp³-hybridized carbons (Fsp3) is 0.0708. The molecule has 15 nitrogen and oxygen atoms in total. The predicted molar refractivity (Wildman–Crippen MR) is 499 cm³/mol. The van der Waals surface area contributed by atoms with Gasteiger partial charge in [0, 0.05) is 106 Å². The molecule has 0 aliphatic heterocycles. The summed E-state index contributed by atoms with van der Waals surface area (Å²) in [6.45, 7) is 0. The number of rotatable bonds is 10. The number of ether oxygens (including phenoxy) is 2. The van der Waals surface area contributed by atoms with E-state index < -0.39 is 23.1 Å². The normalized spacial score (nSPS) is 12.2. The molecule has 15 heteroatoms. The van der Waals surface area contributed by atoms with Gasteiger partial charge in [-0.1, -0.05) is 315 Å². The van der Waals surface area contributed by atoms with Gasteiger partial charge >= 0.3 is 0 Å². The summed E-state index contributed by atoms with van der Waals surface area (Å²) in [5, 5.41) is 44.3. The van der Waals surface area contributed by atoms with Crippen molar-refractivity contribution < 1.29 is 73.1 Å². The Morgan fingerprint density at radius 1 is 0.258 bits per heavy atom. The van der Waals surface area contributed by atoms with Crippen LogP contribution in [-0.4, -0.2) is 86.7 Å². The molecule has 0 fully saturated rings. The number of Topliss-reactive ketones (excluding diaryl/α,β-unsaturated/α-hetero) is 5. The summed E-state index contributed by atoms with van der Waals surface area (Å²) < 4.78 is 10.8. The Hall–Kier alpha value is -16.3. The molecule has 0 amide bonds. The summed E-state index contributed by atoms with van der Waals surface area (Å²) in [6.07, 6.45) is 4.48. The van der Waals surface area contributed by atoms with Gasteiger partial charge in [0.25, 0.3) is 5.79 Å². The summed E-state index contributed by atoms with van der Waals surface area (Å²) in [5.41, 5.74) is 17.6. The van der Waals surface area contributed by atoms with Crippen molar-refractivity contribution in [2.75, 3.05) is 14.2 Å². The zero-order chi connectivity index (χ0) is 89.4. The van der Waals surface area contributed by atoms with E-state index in [1.54, 1.807) is 60.7 Å². The molecule has 17 aromatic rings. The maximum Gasteiger partial charge on any atom is 0.260 e. The monoisotopic (exact) mass is 1680 g/mol. The third-order valence-corrected chi connectivity index (χ3v) is 22.7. The number of aryl methyl sites for hydroxylation is 2. The number of fused-ring (bicyclic) bond motifs is 14. The first-order chi connectivity index (χ1) is 62.3. The standard InChI is InChI=1S/C21H12O.C17H10O.C16H16O3.C14H10O2.C13H10O5.C13H8O.C10H10O.C9H8O/c22-21-19-11-15-7-3-1-5-13(15)9-17(19)18-10-14-6-2-4-8-16(14)12-20(18)21;18-17-14-8-4-3-7-13(14)15-9-11-5-1-2-6-12(11)10-16(15)17;1-18-16(19-2,14-11-7-4-8-12-14)15(17)13-9-5-3-6-10-13;15-13(11-7-3-1-4-8-11)14(16)12-9-5-2-6-10-12;14-7-1-3-9(11(16)5-7)13(18)10-4-2-8(15)6-12(10)17;14-13-11-7-3-1-5-9(11)10-6-2-4-8-12(10)13;11-10-7-3-5-8-4-1-2-6-9(8)10;10-9-6-5-7-3-1-2-4-8(7)9/h1-12H;1-10H;3-12H,1-2H3;1-10H;1-6,14-17H;1-8H;1-2,4,6H,3,5,7H2;1-4H,5-6H2. The van der Waals surface area contributed by atoms with Crippen LogP contribution in [0.25, 0.3) is 65.7 Å². The number of ketones is 9. The number of carbonyl (C=O) groups is 9. The SMILES string of the molecule is COC(OC)(C(=O)c1ccccc1)c1ccccc1.O=C(C(=O)c1ccccc1)c1ccccc1.O=C(c1ccc(O)cc1O)c1ccc(O)cc1O.O=C1CCCc2ccccc21.O=C1CCc2ccccc21.O=C1c2cc3ccccc3cc2-c2cc3ccccc3cc21.O=C1c2ccccc2-c2cc3ccccc3cc21.O=C1c2ccccc2-c2ccccc21. The fourth-order valence-corrected chi connectivity index (χ4v) is 16.2. The average Bonchev–Trinajstić information content (AvgIpc) is 1.61. The molecule has 17 aromatic carbocycles. The summed E-state index contributed by atoms with van der Waals surface area (Å²) in [7, 11) is 2.94. The van der Waals surface area contributed by atoms with Crippen LogP contribution in [0.2, 0.25) is 0 Å². The minimum absolute atomic E-state index is 0.0474. The average molecular weight is 1680 g/mol. The van der Waals surface area contributed by atoms with Crippen LogP contribution < -0.4 is 0 Å². The highest BCUT2D eigenvalue weighted by Gasteiger charge is 2.42. The molecule has 5 aliphatic carbocycles. The lowest BCUT2D eigenvalue weighted by Gasteiger charge is -2.29. The largest absolute Gasteiger partial charge is 0.508 e. The van der Waals surface area contributed by atoms with E-state index >= 15 is 0 Å². The van der Waals surface area contributed by atoms with Crippen molar-refractivity contribution in [3.63, 3.8) is 0 Å². The van der Waals surface area contributed by atoms with Gasteiger partial charge in [0.05, 0.1) is 11.1 Å². The van der Waals surface area contributed by atoms with Crippen molar-refractivity contribution in [3.8, 4) is 56.4 Å². The van der Waals surface area contributed by atoms with Crippen LogP contribution in [0.15, 0.2) is 388 Å². The third kappa shape index (κ3) is 18.8. The van der Waals surface area contributed by atoms with Gasteiger partial charge in [0.1, 0.15) is 23.0 Å². The minimum Gasteiger partial charge on any atom is -0.508 e. The van der Waals surface area contributed by atoms with Crippen molar-refractivity contribution in [1.82, 2.24) is 0 Å². The Morgan fingerprint density at radius 2 is 0.539 bits per heavy atom. The van der Waals surface area contributed by atoms with Gasteiger partial charge in [0.15, 0.2) is 34.7 Å².